The standard InChI is InChI=1S/C15H23N3S/c1-17-7-8-18(9-14-11-19-12-16-14)15(10-17)13-5-3-2-4-6-13/h2-6,14-16H,7-12H2,1H3. The molecule has 0 bridgehead atoms. The Bertz CT molecular complexity index is 392. The molecule has 2 fully saturated rings. The van der Waals surface area contributed by atoms with Gasteiger partial charge >= 0.3 is 0 Å². The van der Waals surface area contributed by atoms with Gasteiger partial charge in [0, 0.05) is 49.9 Å². The molecule has 0 aliphatic carbocycles. The van der Waals surface area contributed by atoms with Crippen LogP contribution in [0, 0.1) is 0 Å². The number of piperazine rings is 1. The minimum absolute atomic E-state index is 0.548. The van der Waals surface area contributed by atoms with Crippen LogP contribution in [0.25, 0.3) is 0 Å². The molecular formula is C15H23N3S. The highest BCUT2D eigenvalue weighted by atomic mass is 32.2. The maximum absolute atomic E-state index is 3.59. The molecule has 4 heteroatoms. The molecule has 1 aromatic rings. The summed E-state index contributed by atoms with van der Waals surface area (Å²) in [7, 11) is 2.23. The Morgan fingerprint density at radius 2 is 2.11 bits per heavy atom. The van der Waals surface area contributed by atoms with Crippen LogP contribution in [0.5, 0.6) is 0 Å². The average molecular weight is 277 g/mol. The summed E-state index contributed by atoms with van der Waals surface area (Å²) in [6.07, 6.45) is 0. The van der Waals surface area contributed by atoms with Crippen LogP contribution in [0.2, 0.25) is 0 Å². The minimum Gasteiger partial charge on any atom is -0.303 e. The Morgan fingerprint density at radius 3 is 2.84 bits per heavy atom. The quantitative estimate of drug-likeness (QED) is 0.905. The van der Waals surface area contributed by atoms with Gasteiger partial charge in [-0.25, -0.2) is 0 Å². The van der Waals surface area contributed by atoms with Crippen LogP contribution in [0.3, 0.4) is 0 Å². The molecule has 104 valence electrons. The van der Waals surface area contributed by atoms with E-state index < -0.39 is 0 Å². The van der Waals surface area contributed by atoms with Gasteiger partial charge in [0.15, 0.2) is 0 Å². The second-order valence-electron chi connectivity index (χ2n) is 5.60. The lowest BCUT2D eigenvalue weighted by atomic mass is 10.0. The zero-order valence-corrected chi connectivity index (χ0v) is 12.4. The lowest BCUT2D eigenvalue weighted by molar-refractivity contribution is 0.0839. The van der Waals surface area contributed by atoms with Crippen molar-refractivity contribution in [2.75, 3.05) is 44.9 Å². The highest BCUT2D eigenvalue weighted by Crippen LogP contribution is 2.25. The number of hydrogen-bond donors (Lipinski definition) is 1. The van der Waals surface area contributed by atoms with Crippen LogP contribution >= 0.6 is 11.8 Å². The van der Waals surface area contributed by atoms with E-state index in [4.69, 9.17) is 0 Å². The van der Waals surface area contributed by atoms with E-state index in [9.17, 15) is 0 Å². The first-order valence-corrected chi connectivity index (χ1v) is 8.27. The van der Waals surface area contributed by atoms with E-state index in [1.165, 1.54) is 31.0 Å². The zero-order valence-electron chi connectivity index (χ0n) is 11.6. The van der Waals surface area contributed by atoms with Crippen molar-refractivity contribution in [3.63, 3.8) is 0 Å². The van der Waals surface area contributed by atoms with Gasteiger partial charge in [-0.2, -0.15) is 0 Å². The van der Waals surface area contributed by atoms with Crippen molar-refractivity contribution in [3.05, 3.63) is 35.9 Å². The first kappa shape index (κ1) is 13.4. The molecule has 1 aromatic carbocycles. The van der Waals surface area contributed by atoms with Gasteiger partial charge < -0.3 is 10.2 Å². The molecule has 0 aromatic heterocycles. The fourth-order valence-electron chi connectivity index (χ4n) is 3.00. The summed E-state index contributed by atoms with van der Waals surface area (Å²) in [5, 5.41) is 3.59. The van der Waals surface area contributed by atoms with Crippen molar-refractivity contribution in [1.29, 1.82) is 0 Å². The first-order chi connectivity index (χ1) is 9.33. The van der Waals surface area contributed by atoms with Gasteiger partial charge in [-0.3, -0.25) is 4.90 Å². The van der Waals surface area contributed by atoms with Crippen LogP contribution < -0.4 is 5.32 Å². The fraction of sp³-hybridized carbons (Fsp3) is 0.600. The third-order valence-electron chi connectivity index (χ3n) is 4.13. The lowest BCUT2D eigenvalue weighted by Gasteiger charge is -2.41. The molecule has 2 saturated heterocycles. The molecule has 0 spiro atoms. The number of thioether (sulfide) groups is 1. The monoisotopic (exact) mass is 277 g/mol. The van der Waals surface area contributed by atoms with E-state index in [0.717, 1.165) is 12.4 Å². The van der Waals surface area contributed by atoms with Gasteiger partial charge in [0.25, 0.3) is 0 Å². The number of nitrogens with one attached hydrogen (secondary N) is 1. The molecule has 0 saturated carbocycles. The molecule has 1 N–H and O–H groups in total. The first-order valence-electron chi connectivity index (χ1n) is 7.11. The number of benzene rings is 1. The van der Waals surface area contributed by atoms with Crippen molar-refractivity contribution in [1.82, 2.24) is 15.1 Å². The largest absolute Gasteiger partial charge is 0.303 e. The van der Waals surface area contributed by atoms with Gasteiger partial charge in [-0.05, 0) is 12.6 Å². The molecule has 2 aliphatic rings. The maximum atomic E-state index is 3.59. The molecule has 3 nitrogen and oxygen atoms in total. The van der Waals surface area contributed by atoms with Gasteiger partial charge in [0.2, 0.25) is 0 Å². The Hall–Kier alpha value is -0.550. The summed E-state index contributed by atoms with van der Waals surface area (Å²) in [6, 6.07) is 12.2. The summed E-state index contributed by atoms with van der Waals surface area (Å²) in [5.74, 6) is 2.38. The highest BCUT2D eigenvalue weighted by Gasteiger charge is 2.29. The molecule has 2 atom stereocenters. The van der Waals surface area contributed by atoms with Crippen molar-refractivity contribution in [2.24, 2.45) is 0 Å². The molecule has 2 heterocycles. The summed E-state index contributed by atoms with van der Waals surface area (Å²) in [5.41, 5.74) is 1.46. The van der Waals surface area contributed by atoms with E-state index in [2.05, 4.69) is 52.5 Å². The molecule has 19 heavy (non-hydrogen) atoms. The third kappa shape index (κ3) is 3.31. The van der Waals surface area contributed by atoms with E-state index >= 15 is 0 Å². The summed E-state index contributed by atoms with van der Waals surface area (Å²) >= 11 is 2.02. The summed E-state index contributed by atoms with van der Waals surface area (Å²) < 4.78 is 0. The smallest absolute Gasteiger partial charge is 0.0476 e. The predicted molar refractivity (Wildman–Crippen MR) is 82.5 cm³/mol. The third-order valence-corrected chi connectivity index (χ3v) is 5.14. The van der Waals surface area contributed by atoms with Crippen molar-refractivity contribution >= 4 is 11.8 Å². The van der Waals surface area contributed by atoms with Crippen LogP contribution in [0.15, 0.2) is 30.3 Å². The second-order valence-corrected chi connectivity index (χ2v) is 6.63. The van der Waals surface area contributed by atoms with Crippen LogP contribution in [-0.2, 0) is 0 Å². The second kappa shape index (κ2) is 6.27. The van der Waals surface area contributed by atoms with E-state index in [1.54, 1.807) is 0 Å². The molecule has 2 unspecified atom stereocenters. The minimum atomic E-state index is 0.548. The van der Waals surface area contributed by atoms with E-state index in [1.807, 2.05) is 11.8 Å². The average Bonchev–Trinajstić information content (AvgIpc) is 2.95. The Kier molecular flexibility index (Phi) is 4.43. The number of rotatable bonds is 3. The summed E-state index contributed by atoms with van der Waals surface area (Å²) in [6.45, 7) is 4.69. The van der Waals surface area contributed by atoms with Crippen molar-refractivity contribution in [2.45, 2.75) is 12.1 Å². The maximum Gasteiger partial charge on any atom is 0.0476 e. The molecule has 0 amide bonds. The zero-order chi connectivity index (χ0) is 13.1. The number of hydrogen-bond acceptors (Lipinski definition) is 4. The molecule has 3 rings (SSSR count). The molecule has 2 aliphatic heterocycles. The lowest BCUT2D eigenvalue weighted by Crippen LogP contribution is -2.50. The van der Waals surface area contributed by atoms with E-state index in [-0.39, 0.29) is 0 Å². The number of likely N-dealkylation sites (N-methyl/N-ethyl adjacent to an activating group) is 1. The van der Waals surface area contributed by atoms with Crippen LogP contribution in [0.1, 0.15) is 11.6 Å². The predicted octanol–water partition coefficient (Wildman–Crippen LogP) is 1.64. The summed E-state index contributed by atoms with van der Waals surface area (Å²) in [4.78, 5) is 5.11. The van der Waals surface area contributed by atoms with Crippen molar-refractivity contribution < 1.29 is 0 Å². The molecule has 0 radical (unpaired) electrons. The van der Waals surface area contributed by atoms with Crippen LogP contribution in [0.4, 0.5) is 0 Å². The Labute approximate surface area is 120 Å². The van der Waals surface area contributed by atoms with Gasteiger partial charge in [-0.15, -0.1) is 11.8 Å². The topological polar surface area (TPSA) is 18.5 Å². The van der Waals surface area contributed by atoms with Crippen LogP contribution in [-0.4, -0.2) is 60.7 Å². The fourth-order valence-corrected chi connectivity index (χ4v) is 3.98. The Balaban J connectivity index is 1.72. The van der Waals surface area contributed by atoms with Gasteiger partial charge in [-0.1, -0.05) is 30.3 Å². The van der Waals surface area contributed by atoms with Gasteiger partial charge in [0.1, 0.15) is 0 Å². The highest BCUT2D eigenvalue weighted by molar-refractivity contribution is 7.99. The van der Waals surface area contributed by atoms with E-state index in [0.29, 0.717) is 12.1 Å². The van der Waals surface area contributed by atoms with Crippen molar-refractivity contribution in [3.8, 4) is 0 Å². The normalized spacial score (nSPS) is 29.7. The number of nitrogens with zero attached hydrogens (tertiary/aromatic N) is 2. The Morgan fingerprint density at radius 1 is 1.26 bits per heavy atom. The van der Waals surface area contributed by atoms with Gasteiger partial charge in [0.05, 0.1) is 0 Å². The SMILES string of the molecule is CN1CCN(CC2CSCN2)C(c2ccccc2)C1. The molecular weight excluding hydrogens is 254 g/mol.